The highest BCUT2D eigenvalue weighted by atomic mass is 16.5. The van der Waals surface area contributed by atoms with E-state index >= 15 is 0 Å². The minimum absolute atomic E-state index is 0.369. The molecule has 0 radical (unpaired) electrons. The summed E-state index contributed by atoms with van der Waals surface area (Å²) in [5, 5.41) is 4.10. The van der Waals surface area contributed by atoms with Crippen molar-refractivity contribution in [2.45, 2.75) is 26.3 Å². The maximum Gasteiger partial charge on any atom is 0.141 e. The zero-order valence-electron chi connectivity index (χ0n) is 15.7. The van der Waals surface area contributed by atoms with Crippen LogP contribution in [0, 0.1) is 13.8 Å². The minimum atomic E-state index is 0.369. The lowest BCUT2D eigenvalue weighted by molar-refractivity contribution is 0.295. The summed E-state index contributed by atoms with van der Waals surface area (Å²) >= 11 is 0. The fourth-order valence-corrected chi connectivity index (χ4v) is 4.02. The molecule has 1 aliphatic rings. The van der Waals surface area contributed by atoms with Crippen LogP contribution in [0.3, 0.4) is 0 Å². The van der Waals surface area contributed by atoms with Crippen molar-refractivity contribution >= 4 is 0 Å². The van der Waals surface area contributed by atoms with Crippen molar-refractivity contribution in [3.8, 4) is 16.9 Å². The van der Waals surface area contributed by atoms with Crippen molar-refractivity contribution in [2.24, 2.45) is 0 Å². The Hall–Kier alpha value is -2.59. The number of likely N-dealkylation sites (N-methyl/N-ethyl adjacent to an activating group) is 1. The van der Waals surface area contributed by atoms with Crippen LogP contribution in [0.1, 0.15) is 34.1 Å². The first-order valence-electron chi connectivity index (χ1n) is 8.95. The van der Waals surface area contributed by atoms with E-state index in [1.165, 1.54) is 22.3 Å². The molecular formula is C22H24N2O2. The Labute approximate surface area is 154 Å². The molecule has 0 bridgehead atoms. The molecule has 4 heteroatoms. The fraction of sp³-hybridized carbons (Fsp3) is 0.318. The van der Waals surface area contributed by atoms with E-state index in [0.29, 0.717) is 5.92 Å². The number of methoxy groups -OCH3 is 1. The van der Waals surface area contributed by atoms with Gasteiger partial charge in [0.2, 0.25) is 0 Å². The Morgan fingerprint density at radius 1 is 1.12 bits per heavy atom. The maximum absolute atomic E-state index is 5.35. The summed E-state index contributed by atoms with van der Waals surface area (Å²) in [4.78, 5) is 2.38. The van der Waals surface area contributed by atoms with Crippen LogP contribution >= 0.6 is 0 Å². The third-order valence-corrected chi connectivity index (χ3v) is 5.29. The van der Waals surface area contributed by atoms with Crippen LogP contribution in [-0.2, 0) is 6.54 Å². The number of fused-ring (bicyclic) bond motifs is 1. The number of hydrogen-bond acceptors (Lipinski definition) is 4. The highest BCUT2D eigenvalue weighted by Crippen LogP contribution is 2.37. The van der Waals surface area contributed by atoms with Crippen molar-refractivity contribution in [1.29, 1.82) is 0 Å². The van der Waals surface area contributed by atoms with Gasteiger partial charge in [-0.15, -0.1) is 0 Å². The number of nitrogens with zero attached hydrogens (tertiary/aromatic N) is 2. The highest BCUT2D eigenvalue weighted by Gasteiger charge is 2.25. The van der Waals surface area contributed by atoms with E-state index in [9.17, 15) is 0 Å². The van der Waals surface area contributed by atoms with Gasteiger partial charge in [-0.05, 0) is 61.3 Å². The SMILES string of the molecule is COc1ccc([C@@H]2CN(C)Cc3cc(-c4c(C)noc4C)ccc32)cc1. The third-order valence-electron chi connectivity index (χ3n) is 5.29. The monoisotopic (exact) mass is 348 g/mol. The van der Waals surface area contributed by atoms with E-state index in [-0.39, 0.29) is 0 Å². The second kappa shape index (κ2) is 6.61. The molecule has 0 amide bonds. The van der Waals surface area contributed by atoms with E-state index in [0.717, 1.165) is 35.9 Å². The van der Waals surface area contributed by atoms with Gasteiger partial charge in [0.25, 0.3) is 0 Å². The molecule has 1 aromatic heterocycles. The molecule has 0 aliphatic carbocycles. The smallest absolute Gasteiger partial charge is 0.141 e. The van der Waals surface area contributed by atoms with Gasteiger partial charge in [0.05, 0.1) is 12.8 Å². The first kappa shape index (κ1) is 16.9. The Kier molecular flexibility index (Phi) is 4.29. The van der Waals surface area contributed by atoms with Crippen molar-refractivity contribution in [3.05, 3.63) is 70.6 Å². The van der Waals surface area contributed by atoms with Gasteiger partial charge in [-0.2, -0.15) is 0 Å². The van der Waals surface area contributed by atoms with Crippen molar-refractivity contribution < 1.29 is 9.26 Å². The normalized spacial score (nSPS) is 17.2. The Balaban J connectivity index is 1.76. The zero-order valence-corrected chi connectivity index (χ0v) is 15.7. The van der Waals surface area contributed by atoms with Crippen LogP contribution in [0.15, 0.2) is 47.0 Å². The van der Waals surface area contributed by atoms with Gasteiger partial charge in [0, 0.05) is 24.6 Å². The average Bonchev–Trinajstić information content (AvgIpc) is 2.99. The lowest BCUT2D eigenvalue weighted by atomic mass is 9.83. The number of aryl methyl sites for hydroxylation is 2. The van der Waals surface area contributed by atoms with Gasteiger partial charge >= 0.3 is 0 Å². The van der Waals surface area contributed by atoms with E-state index < -0.39 is 0 Å². The highest BCUT2D eigenvalue weighted by molar-refractivity contribution is 5.69. The Bertz CT molecular complexity index is 908. The standard InChI is InChI=1S/C22H24N2O2/c1-14-22(15(2)26-23-14)17-7-10-20-18(11-17)12-24(3)13-21(20)16-5-8-19(25-4)9-6-16/h5-11,21H,12-13H2,1-4H3/t21-/m0/s1. The molecule has 4 rings (SSSR count). The van der Waals surface area contributed by atoms with Crippen molar-refractivity contribution in [2.75, 3.05) is 20.7 Å². The molecule has 3 aromatic rings. The third kappa shape index (κ3) is 2.90. The molecule has 134 valence electrons. The first-order valence-corrected chi connectivity index (χ1v) is 8.95. The summed E-state index contributed by atoms with van der Waals surface area (Å²) in [5.41, 5.74) is 7.34. The van der Waals surface area contributed by atoms with Crippen molar-refractivity contribution in [1.82, 2.24) is 10.1 Å². The summed E-state index contributed by atoms with van der Waals surface area (Å²) in [7, 11) is 3.89. The van der Waals surface area contributed by atoms with Crippen molar-refractivity contribution in [3.63, 3.8) is 0 Å². The summed E-state index contributed by atoms with van der Waals surface area (Å²) < 4.78 is 10.7. The molecule has 1 aliphatic heterocycles. The molecule has 2 heterocycles. The zero-order chi connectivity index (χ0) is 18.3. The number of rotatable bonds is 3. The molecule has 0 unspecified atom stereocenters. The summed E-state index contributed by atoms with van der Waals surface area (Å²) in [6, 6.07) is 15.2. The lowest BCUT2D eigenvalue weighted by Crippen LogP contribution is -2.31. The summed E-state index contributed by atoms with van der Waals surface area (Å²) in [5.74, 6) is 2.14. The largest absolute Gasteiger partial charge is 0.497 e. The topological polar surface area (TPSA) is 38.5 Å². The van der Waals surface area contributed by atoms with Gasteiger partial charge in [0.15, 0.2) is 0 Å². The molecular weight excluding hydrogens is 324 g/mol. The van der Waals surface area contributed by atoms with E-state index in [1.54, 1.807) is 7.11 Å². The quantitative estimate of drug-likeness (QED) is 0.696. The Morgan fingerprint density at radius 2 is 1.88 bits per heavy atom. The van der Waals surface area contributed by atoms with Gasteiger partial charge in [-0.3, -0.25) is 0 Å². The molecule has 0 N–H and O–H groups in total. The van der Waals surface area contributed by atoms with E-state index in [1.807, 2.05) is 26.0 Å². The van der Waals surface area contributed by atoms with Crippen LogP contribution < -0.4 is 4.74 Å². The summed E-state index contributed by atoms with van der Waals surface area (Å²) in [6.45, 7) is 5.95. The Morgan fingerprint density at radius 3 is 2.54 bits per heavy atom. The van der Waals surface area contributed by atoms with Crippen LogP contribution in [0.4, 0.5) is 0 Å². The van der Waals surface area contributed by atoms with Crippen LogP contribution in [0.2, 0.25) is 0 Å². The number of hydrogen-bond donors (Lipinski definition) is 0. The molecule has 0 fully saturated rings. The van der Waals surface area contributed by atoms with Crippen LogP contribution in [0.5, 0.6) is 5.75 Å². The molecule has 2 aromatic carbocycles. The predicted molar refractivity (Wildman–Crippen MR) is 103 cm³/mol. The molecule has 26 heavy (non-hydrogen) atoms. The van der Waals surface area contributed by atoms with E-state index in [4.69, 9.17) is 9.26 Å². The number of ether oxygens (including phenoxy) is 1. The van der Waals surface area contributed by atoms with Gasteiger partial charge in [-0.1, -0.05) is 29.4 Å². The molecule has 4 nitrogen and oxygen atoms in total. The first-order chi connectivity index (χ1) is 12.6. The van der Waals surface area contributed by atoms with Crippen LogP contribution in [0.25, 0.3) is 11.1 Å². The van der Waals surface area contributed by atoms with Gasteiger partial charge in [-0.25, -0.2) is 0 Å². The maximum atomic E-state index is 5.35. The average molecular weight is 348 g/mol. The van der Waals surface area contributed by atoms with Gasteiger partial charge < -0.3 is 14.2 Å². The lowest BCUT2D eigenvalue weighted by Gasteiger charge is -2.33. The predicted octanol–water partition coefficient (Wildman–Crippen LogP) is 4.54. The second-order valence-electron chi connectivity index (χ2n) is 7.14. The van der Waals surface area contributed by atoms with E-state index in [2.05, 4.69) is 47.4 Å². The number of aromatic nitrogens is 1. The van der Waals surface area contributed by atoms with Gasteiger partial charge in [0.1, 0.15) is 11.5 Å². The number of benzene rings is 2. The molecule has 0 spiro atoms. The molecule has 1 atom stereocenters. The molecule has 0 saturated carbocycles. The van der Waals surface area contributed by atoms with Crippen LogP contribution in [-0.4, -0.2) is 30.8 Å². The summed E-state index contributed by atoms with van der Waals surface area (Å²) in [6.07, 6.45) is 0. The fourth-order valence-electron chi connectivity index (χ4n) is 4.02. The minimum Gasteiger partial charge on any atom is -0.497 e. The molecule has 0 saturated heterocycles. The second-order valence-corrected chi connectivity index (χ2v) is 7.14.